The van der Waals surface area contributed by atoms with Crippen LogP contribution < -0.4 is 10.6 Å². The number of hydrogen-bond acceptors (Lipinski definition) is 2. The predicted molar refractivity (Wildman–Crippen MR) is 87.8 cm³/mol. The Hall–Kier alpha value is -1.22. The molecular weight excluding hydrogens is 291 g/mol. The highest BCUT2D eigenvalue weighted by Crippen LogP contribution is 2.19. The lowest BCUT2D eigenvalue weighted by Crippen LogP contribution is -2.21. The van der Waals surface area contributed by atoms with Crippen LogP contribution in [0.4, 0.5) is 5.69 Å². The summed E-state index contributed by atoms with van der Waals surface area (Å²) >= 11 is 12.2. The van der Waals surface area contributed by atoms with Gasteiger partial charge >= 0.3 is 0 Å². The fraction of sp³-hybridized carbons (Fsp3) is 0.250. The van der Waals surface area contributed by atoms with Crippen molar-refractivity contribution >= 4 is 28.9 Å². The number of rotatable bonds is 6. The molecule has 20 heavy (non-hydrogen) atoms. The van der Waals surface area contributed by atoms with Gasteiger partial charge in [-0.15, -0.1) is 0 Å². The number of benzene rings is 2. The summed E-state index contributed by atoms with van der Waals surface area (Å²) < 4.78 is 0. The van der Waals surface area contributed by atoms with Gasteiger partial charge in [-0.2, -0.15) is 0 Å². The highest BCUT2D eigenvalue weighted by molar-refractivity contribution is 6.31. The second kappa shape index (κ2) is 7.53. The van der Waals surface area contributed by atoms with Crippen LogP contribution in [0.2, 0.25) is 10.0 Å². The van der Waals surface area contributed by atoms with E-state index < -0.39 is 0 Å². The van der Waals surface area contributed by atoms with Gasteiger partial charge in [-0.1, -0.05) is 47.5 Å². The van der Waals surface area contributed by atoms with Gasteiger partial charge in [0.15, 0.2) is 0 Å². The van der Waals surface area contributed by atoms with Crippen LogP contribution in [0.1, 0.15) is 11.1 Å². The van der Waals surface area contributed by atoms with Gasteiger partial charge in [0.05, 0.1) is 0 Å². The highest BCUT2D eigenvalue weighted by Gasteiger charge is 1.99. The molecule has 0 aromatic heterocycles. The summed E-state index contributed by atoms with van der Waals surface area (Å²) in [5.74, 6) is 0. The molecule has 2 N–H and O–H groups in total. The number of hydrogen-bond donors (Lipinski definition) is 2. The van der Waals surface area contributed by atoms with Gasteiger partial charge < -0.3 is 10.6 Å². The Morgan fingerprint density at radius 3 is 2.50 bits per heavy atom. The van der Waals surface area contributed by atoms with E-state index in [1.807, 2.05) is 49.4 Å². The minimum atomic E-state index is 0.774. The van der Waals surface area contributed by atoms with E-state index >= 15 is 0 Å². The van der Waals surface area contributed by atoms with E-state index in [9.17, 15) is 0 Å². The van der Waals surface area contributed by atoms with Crippen LogP contribution in [-0.2, 0) is 6.54 Å². The molecule has 2 rings (SSSR count). The Labute approximate surface area is 130 Å². The van der Waals surface area contributed by atoms with Crippen LogP contribution in [0.25, 0.3) is 0 Å². The average Bonchev–Trinajstić information content (AvgIpc) is 2.44. The first-order valence-corrected chi connectivity index (χ1v) is 7.36. The van der Waals surface area contributed by atoms with Crippen molar-refractivity contribution in [2.75, 3.05) is 18.4 Å². The quantitative estimate of drug-likeness (QED) is 0.768. The second-order valence-corrected chi connectivity index (χ2v) is 5.47. The van der Waals surface area contributed by atoms with Crippen molar-refractivity contribution in [2.24, 2.45) is 0 Å². The fourth-order valence-electron chi connectivity index (χ4n) is 1.86. The zero-order valence-corrected chi connectivity index (χ0v) is 12.9. The molecule has 0 aliphatic heterocycles. The summed E-state index contributed by atoms with van der Waals surface area (Å²) in [6.07, 6.45) is 0. The zero-order valence-electron chi connectivity index (χ0n) is 11.4. The van der Waals surface area contributed by atoms with E-state index in [-0.39, 0.29) is 0 Å². The van der Waals surface area contributed by atoms with E-state index in [0.717, 1.165) is 46.5 Å². The van der Waals surface area contributed by atoms with Crippen LogP contribution in [-0.4, -0.2) is 13.1 Å². The molecule has 0 aliphatic rings. The standard InChI is InChI=1S/C16H18Cl2N2/c1-12-6-7-14(10-16(12)18)20-9-8-19-11-13-4-2-3-5-15(13)17/h2-7,10,19-20H,8-9,11H2,1H3. The van der Waals surface area contributed by atoms with Crippen molar-refractivity contribution < 1.29 is 0 Å². The zero-order chi connectivity index (χ0) is 14.4. The number of nitrogens with one attached hydrogen (secondary N) is 2. The number of aryl methyl sites for hydroxylation is 1. The maximum absolute atomic E-state index is 6.09. The maximum Gasteiger partial charge on any atom is 0.0455 e. The summed E-state index contributed by atoms with van der Waals surface area (Å²) in [5.41, 5.74) is 3.25. The highest BCUT2D eigenvalue weighted by atomic mass is 35.5. The minimum Gasteiger partial charge on any atom is -0.384 e. The van der Waals surface area contributed by atoms with Gasteiger partial charge in [-0.05, 0) is 36.2 Å². The Bertz CT molecular complexity index is 570. The van der Waals surface area contributed by atoms with Crippen molar-refractivity contribution in [3.05, 3.63) is 63.6 Å². The molecule has 0 bridgehead atoms. The van der Waals surface area contributed by atoms with E-state index in [1.165, 1.54) is 0 Å². The van der Waals surface area contributed by atoms with Crippen molar-refractivity contribution in [3.8, 4) is 0 Å². The van der Waals surface area contributed by atoms with Gasteiger partial charge in [-0.25, -0.2) is 0 Å². The van der Waals surface area contributed by atoms with E-state index in [4.69, 9.17) is 23.2 Å². The van der Waals surface area contributed by atoms with Crippen LogP contribution in [0.15, 0.2) is 42.5 Å². The molecule has 0 fully saturated rings. The Morgan fingerprint density at radius 1 is 0.950 bits per heavy atom. The Balaban J connectivity index is 1.71. The fourth-order valence-corrected chi connectivity index (χ4v) is 2.25. The third kappa shape index (κ3) is 4.41. The first kappa shape index (κ1) is 15.2. The molecule has 0 unspecified atom stereocenters. The smallest absolute Gasteiger partial charge is 0.0455 e. The molecule has 0 saturated carbocycles. The summed E-state index contributed by atoms with van der Waals surface area (Å²) in [4.78, 5) is 0. The lowest BCUT2D eigenvalue weighted by atomic mass is 10.2. The van der Waals surface area contributed by atoms with Gasteiger partial charge in [0, 0.05) is 35.4 Å². The maximum atomic E-state index is 6.09. The average molecular weight is 309 g/mol. The monoisotopic (exact) mass is 308 g/mol. The van der Waals surface area contributed by atoms with Crippen LogP contribution in [0.5, 0.6) is 0 Å². The Kier molecular flexibility index (Phi) is 5.72. The molecular formula is C16H18Cl2N2. The molecule has 2 aromatic rings. The van der Waals surface area contributed by atoms with Crippen LogP contribution in [0, 0.1) is 6.92 Å². The van der Waals surface area contributed by atoms with Crippen molar-refractivity contribution in [1.82, 2.24) is 5.32 Å². The molecule has 0 radical (unpaired) electrons. The first-order chi connectivity index (χ1) is 9.66. The third-order valence-corrected chi connectivity index (χ3v) is 3.85. The second-order valence-electron chi connectivity index (χ2n) is 4.66. The van der Waals surface area contributed by atoms with E-state index in [2.05, 4.69) is 10.6 Å². The van der Waals surface area contributed by atoms with Crippen molar-refractivity contribution in [1.29, 1.82) is 0 Å². The molecule has 0 heterocycles. The van der Waals surface area contributed by atoms with Gasteiger partial charge in [0.2, 0.25) is 0 Å². The molecule has 2 nitrogen and oxygen atoms in total. The molecule has 0 amide bonds. The normalized spacial score (nSPS) is 10.6. The third-order valence-electron chi connectivity index (χ3n) is 3.08. The van der Waals surface area contributed by atoms with Gasteiger partial charge in [0.25, 0.3) is 0 Å². The largest absolute Gasteiger partial charge is 0.384 e. The Morgan fingerprint density at radius 2 is 1.75 bits per heavy atom. The molecule has 0 aliphatic carbocycles. The lowest BCUT2D eigenvalue weighted by Gasteiger charge is -2.09. The lowest BCUT2D eigenvalue weighted by molar-refractivity contribution is 0.707. The molecule has 0 saturated heterocycles. The number of anilines is 1. The summed E-state index contributed by atoms with van der Waals surface area (Å²) in [5, 5.41) is 8.29. The first-order valence-electron chi connectivity index (χ1n) is 6.61. The van der Waals surface area contributed by atoms with Gasteiger partial charge in [0.1, 0.15) is 0 Å². The summed E-state index contributed by atoms with van der Waals surface area (Å²) in [6, 6.07) is 13.9. The SMILES string of the molecule is Cc1ccc(NCCNCc2ccccc2Cl)cc1Cl. The van der Waals surface area contributed by atoms with Gasteiger partial charge in [-0.3, -0.25) is 0 Å². The molecule has 0 atom stereocenters. The van der Waals surface area contributed by atoms with E-state index in [1.54, 1.807) is 0 Å². The molecule has 4 heteroatoms. The van der Waals surface area contributed by atoms with Crippen molar-refractivity contribution in [2.45, 2.75) is 13.5 Å². The summed E-state index contributed by atoms with van der Waals surface area (Å²) in [7, 11) is 0. The van der Waals surface area contributed by atoms with Crippen LogP contribution in [0.3, 0.4) is 0 Å². The molecule has 2 aromatic carbocycles. The van der Waals surface area contributed by atoms with Crippen molar-refractivity contribution in [3.63, 3.8) is 0 Å². The van der Waals surface area contributed by atoms with Crippen LogP contribution >= 0.6 is 23.2 Å². The van der Waals surface area contributed by atoms with E-state index in [0.29, 0.717) is 0 Å². The topological polar surface area (TPSA) is 24.1 Å². The minimum absolute atomic E-state index is 0.774. The molecule has 0 spiro atoms. The summed E-state index contributed by atoms with van der Waals surface area (Å²) in [6.45, 7) is 4.47. The molecule has 106 valence electrons. The number of halogens is 2. The predicted octanol–water partition coefficient (Wildman–Crippen LogP) is 4.50.